The van der Waals surface area contributed by atoms with Gasteiger partial charge in [0.05, 0.1) is 0 Å². The van der Waals surface area contributed by atoms with Crippen molar-refractivity contribution in [3.63, 3.8) is 0 Å². The smallest absolute Gasteiger partial charge is 0.355 e. The number of fused-ring (bicyclic) bond motifs is 1. The van der Waals surface area contributed by atoms with Gasteiger partial charge in [-0.3, -0.25) is 0 Å². The number of aromatic carboxylic acids is 1. The molecule has 0 saturated heterocycles. The summed E-state index contributed by atoms with van der Waals surface area (Å²) in [5, 5.41) is 10.8. The van der Waals surface area contributed by atoms with Crippen LogP contribution < -0.4 is 0 Å². The summed E-state index contributed by atoms with van der Waals surface area (Å²) < 4.78 is 23.0. The minimum absolute atomic E-state index is 0.274. The van der Waals surface area contributed by atoms with E-state index in [9.17, 15) is 18.3 Å². The average molecular weight is 328 g/mol. The van der Waals surface area contributed by atoms with Crippen LogP contribution in [-0.2, 0) is 9.84 Å². The largest absolute Gasteiger partial charge is 0.476 e. The molecule has 0 fully saturated rings. The van der Waals surface area contributed by atoms with E-state index in [1.165, 1.54) is 6.20 Å². The van der Waals surface area contributed by atoms with Crippen LogP contribution in [0.3, 0.4) is 0 Å². The fourth-order valence-electron chi connectivity index (χ4n) is 2.28. The number of hydrogen-bond donors (Lipinski definition) is 1. The van der Waals surface area contributed by atoms with Gasteiger partial charge in [-0.1, -0.05) is 36.4 Å². The van der Waals surface area contributed by atoms with Gasteiger partial charge in [-0.15, -0.1) is 0 Å². The molecule has 1 aromatic heterocycles. The van der Waals surface area contributed by atoms with E-state index >= 15 is 0 Å². The molecule has 23 heavy (non-hydrogen) atoms. The molecule has 0 aliphatic carbocycles. The van der Waals surface area contributed by atoms with E-state index in [2.05, 4.69) is 9.97 Å². The van der Waals surface area contributed by atoms with Crippen LogP contribution in [0.15, 0.2) is 53.8 Å². The third-order valence-electron chi connectivity index (χ3n) is 3.36. The summed E-state index contributed by atoms with van der Waals surface area (Å²) in [7, 11) is -3.68. The molecule has 0 radical (unpaired) electrons. The highest BCUT2D eigenvalue weighted by molar-refractivity contribution is 7.90. The van der Waals surface area contributed by atoms with Crippen molar-refractivity contribution in [2.24, 2.45) is 0 Å². The van der Waals surface area contributed by atoms with E-state index in [4.69, 9.17) is 0 Å². The Morgan fingerprint density at radius 1 is 1.09 bits per heavy atom. The molecule has 3 aromatic rings. The number of rotatable bonds is 3. The fraction of sp³-hybridized carbons (Fsp3) is 0.0625. The van der Waals surface area contributed by atoms with Crippen molar-refractivity contribution in [2.75, 3.05) is 6.26 Å². The molecule has 0 bridgehead atoms. The Labute approximate surface area is 132 Å². The van der Waals surface area contributed by atoms with Crippen molar-refractivity contribution in [1.82, 2.24) is 9.97 Å². The summed E-state index contributed by atoms with van der Waals surface area (Å²) >= 11 is 0. The standard InChI is InChI=1S/C16H12N2O4S/c1-23(21,22)16-17-9-13(14(18-16)15(19)20)12-7-6-10-4-2-3-5-11(10)8-12/h2-9H,1H3,(H,19,20). The van der Waals surface area contributed by atoms with Gasteiger partial charge in [0.25, 0.3) is 0 Å². The first-order valence-electron chi connectivity index (χ1n) is 6.66. The summed E-state index contributed by atoms with van der Waals surface area (Å²) in [4.78, 5) is 18.9. The zero-order valence-electron chi connectivity index (χ0n) is 12.1. The molecule has 6 nitrogen and oxygen atoms in total. The van der Waals surface area contributed by atoms with Crippen LogP contribution in [-0.4, -0.2) is 35.7 Å². The third kappa shape index (κ3) is 2.91. The molecule has 0 aliphatic rings. The third-order valence-corrected chi connectivity index (χ3v) is 4.22. The lowest BCUT2D eigenvalue weighted by Crippen LogP contribution is -2.11. The van der Waals surface area contributed by atoms with Crippen LogP contribution >= 0.6 is 0 Å². The summed E-state index contributed by atoms with van der Waals surface area (Å²) in [6, 6.07) is 13.1. The molecule has 0 aliphatic heterocycles. The molecule has 0 unspecified atom stereocenters. The monoisotopic (exact) mass is 328 g/mol. The maximum Gasteiger partial charge on any atom is 0.355 e. The predicted molar refractivity (Wildman–Crippen MR) is 85.0 cm³/mol. The van der Waals surface area contributed by atoms with Crippen molar-refractivity contribution in [1.29, 1.82) is 0 Å². The van der Waals surface area contributed by atoms with Crippen LogP contribution in [0.4, 0.5) is 0 Å². The predicted octanol–water partition coefficient (Wildman–Crippen LogP) is 2.40. The molecule has 0 saturated carbocycles. The first-order chi connectivity index (χ1) is 10.9. The number of hydrogen-bond acceptors (Lipinski definition) is 5. The van der Waals surface area contributed by atoms with Crippen LogP contribution in [0.1, 0.15) is 10.5 Å². The zero-order chi connectivity index (χ0) is 16.6. The topological polar surface area (TPSA) is 97.2 Å². The van der Waals surface area contributed by atoms with Crippen molar-refractivity contribution >= 4 is 26.6 Å². The first-order valence-corrected chi connectivity index (χ1v) is 8.55. The lowest BCUT2D eigenvalue weighted by Gasteiger charge is -2.08. The van der Waals surface area contributed by atoms with Gasteiger partial charge >= 0.3 is 5.97 Å². The lowest BCUT2D eigenvalue weighted by atomic mass is 10.0. The maximum atomic E-state index is 11.5. The number of carbonyl (C=O) groups is 1. The van der Waals surface area contributed by atoms with Crippen molar-refractivity contribution in [3.05, 3.63) is 54.4 Å². The van der Waals surface area contributed by atoms with Crippen molar-refractivity contribution in [2.45, 2.75) is 5.16 Å². The van der Waals surface area contributed by atoms with Gasteiger partial charge in [-0.2, -0.15) is 0 Å². The summed E-state index contributed by atoms with van der Waals surface area (Å²) in [5.41, 5.74) is 0.549. The molecule has 0 atom stereocenters. The van der Waals surface area contributed by atoms with Gasteiger partial charge < -0.3 is 5.11 Å². The van der Waals surface area contributed by atoms with Gasteiger partial charge in [0, 0.05) is 18.0 Å². The van der Waals surface area contributed by atoms with Crippen molar-refractivity contribution < 1.29 is 18.3 Å². The highest BCUT2D eigenvalue weighted by Gasteiger charge is 2.20. The number of aromatic nitrogens is 2. The Balaban J connectivity index is 2.23. The van der Waals surface area contributed by atoms with Gasteiger partial charge in [0.1, 0.15) is 0 Å². The second-order valence-corrected chi connectivity index (χ2v) is 6.96. The van der Waals surface area contributed by atoms with E-state index in [1.807, 2.05) is 36.4 Å². The van der Waals surface area contributed by atoms with E-state index in [0.29, 0.717) is 5.56 Å². The Morgan fingerprint density at radius 3 is 2.43 bits per heavy atom. The highest BCUT2D eigenvalue weighted by Crippen LogP contribution is 2.26. The van der Waals surface area contributed by atoms with Gasteiger partial charge in [0.15, 0.2) is 5.69 Å². The van der Waals surface area contributed by atoms with E-state index in [0.717, 1.165) is 17.0 Å². The van der Waals surface area contributed by atoms with E-state index < -0.39 is 21.0 Å². The van der Waals surface area contributed by atoms with Gasteiger partial charge in [0.2, 0.25) is 15.0 Å². The van der Waals surface area contributed by atoms with Crippen LogP contribution in [0, 0.1) is 0 Å². The molecule has 1 N–H and O–H groups in total. The molecule has 3 rings (SSSR count). The van der Waals surface area contributed by atoms with E-state index in [1.54, 1.807) is 6.07 Å². The van der Waals surface area contributed by atoms with Crippen LogP contribution in [0.2, 0.25) is 0 Å². The number of carboxylic acid groups (broad SMARTS) is 1. The number of nitrogens with zero attached hydrogens (tertiary/aromatic N) is 2. The van der Waals surface area contributed by atoms with E-state index in [-0.39, 0.29) is 11.3 Å². The lowest BCUT2D eigenvalue weighted by molar-refractivity contribution is 0.0690. The molecular weight excluding hydrogens is 316 g/mol. The quantitative estimate of drug-likeness (QED) is 0.742. The molecular formula is C16H12N2O4S. The van der Waals surface area contributed by atoms with Gasteiger partial charge in [-0.05, 0) is 22.4 Å². The van der Waals surface area contributed by atoms with Gasteiger partial charge in [-0.25, -0.2) is 23.2 Å². The maximum absolute atomic E-state index is 11.5. The van der Waals surface area contributed by atoms with Crippen LogP contribution in [0.25, 0.3) is 21.9 Å². The Morgan fingerprint density at radius 2 is 1.78 bits per heavy atom. The molecule has 1 heterocycles. The first kappa shape index (κ1) is 15.1. The fourth-order valence-corrected chi connectivity index (χ4v) is 2.78. The Kier molecular flexibility index (Phi) is 3.57. The minimum Gasteiger partial charge on any atom is -0.476 e. The summed E-state index contributed by atoms with van der Waals surface area (Å²) in [6.45, 7) is 0. The molecule has 0 spiro atoms. The number of carboxylic acids is 1. The molecule has 116 valence electrons. The summed E-state index contributed by atoms with van der Waals surface area (Å²) in [6.07, 6.45) is 2.17. The zero-order valence-corrected chi connectivity index (χ0v) is 12.9. The molecule has 0 amide bonds. The minimum atomic E-state index is -3.68. The second-order valence-electron chi connectivity index (χ2n) is 5.05. The normalized spacial score (nSPS) is 11.5. The second kappa shape index (κ2) is 5.44. The Hall–Kier alpha value is -2.80. The number of benzene rings is 2. The van der Waals surface area contributed by atoms with Crippen LogP contribution in [0.5, 0.6) is 0 Å². The SMILES string of the molecule is CS(=O)(=O)c1ncc(-c2ccc3ccccc3c2)c(C(=O)O)n1. The summed E-state index contributed by atoms with van der Waals surface area (Å²) in [5.74, 6) is -1.31. The highest BCUT2D eigenvalue weighted by atomic mass is 32.2. The average Bonchev–Trinajstić information content (AvgIpc) is 2.53. The number of sulfone groups is 1. The molecule has 7 heteroatoms. The Bertz CT molecular complexity index is 1030. The van der Waals surface area contributed by atoms with Crippen molar-refractivity contribution in [3.8, 4) is 11.1 Å². The molecule has 2 aromatic carbocycles.